The van der Waals surface area contributed by atoms with Gasteiger partial charge in [-0.05, 0) is 32.0 Å². The number of nitrogens with zero attached hydrogens (tertiary/aromatic N) is 3. The van der Waals surface area contributed by atoms with Crippen LogP contribution in [0.25, 0.3) is 11.0 Å². The number of ether oxygens (including phenoxy) is 1. The smallest absolute Gasteiger partial charge is 0.240 e. The van der Waals surface area contributed by atoms with Crippen molar-refractivity contribution in [2.24, 2.45) is 11.8 Å². The molecule has 7 nitrogen and oxygen atoms in total. The van der Waals surface area contributed by atoms with E-state index in [0.29, 0.717) is 17.6 Å². The highest BCUT2D eigenvalue weighted by Gasteiger charge is 2.75. The number of imide groups is 1. The Balaban J connectivity index is 1.63. The van der Waals surface area contributed by atoms with Crippen molar-refractivity contribution < 1.29 is 19.4 Å². The van der Waals surface area contributed by atoms with E-state index < -0.39 is 29.1 Å². The Kier molecular flexibility index (Phi) is 2.52. The van der Waals surface area contributed by atoms with Crippen LogP contribution in [0.4, 0.5) is 5.69 Å². The second-order valence-electron chi connectivity index (χ2n) is 7.22. The van der Waals surface area contributed by atoms with Gasteiger partial charge in [0.15, 0.2) is 0 Å². The molecule has 4 heterocycles. The lowest BCUT2D eigenvalue weighted by Gasteiger charge is -2.31. The van der Waals surface area contributed by atoms with Crippen LogP contribution in [0, 0.1) is 11.8 Å². The molecule has 0 aliphatic carbocycles. The van der Waals surface area contributed by atoms with Crippen LogP contribution in [0.1, 0.15) is 20.3 Å². The van der Waals surface area contributed by atoms with Gasteiger partial charge in [0.2, 0.25) is 11.8 Å². The summed E-state index contributed by atoms with van der Waals surface area (Å²) < 4.78 is 14.3. The van der Waals surface area contributed by atoms with Crippen molar-refractivity contribution in [1.82, 2.24) is 8.75 Å². The van der Waals surface area contributed by atoms with Crippen LogP contribution in [0.5, 0.6) is 0 Å². The van der Waals surface area contributed by atoms with E-state index in [2.05, 4.69) is 8.75 Å². The Morgan fingerprint density at radius 1 is 1.21 bits per heavy atom. The first-order valence-corrected chi connectivity index (χ1v) is 8.56. The fraction of sp³-hybridized carbons (Fsp3) is 0.500. The minimum Gasteiger partial charge on any atom is -0.390 e. The Bertz CT molecular complexity index is 914. The Hall–Kier alpha value is -1.90. The monoisotopic (exact) mass is 345 g/mol. The molecule has 3 aliphatic rings. The number of aliphatic hydroxyl groups excluding tert-OH is 1. The molecule has 0 radical (unpaired) electrons. The van der Waals surface area contributed by atoms with Gasteiger partial charge >= 0.3 is 0 Å². The highest BCUT2D eigenvalue weighted by atomic mass is 32.1. The number of aliphatic hydroxyl groups is 1. The quantitative estimate of drug-likeness (QED) is 0.779. The number of anilines is 1. The molecule has 3 aliphatic heterocycles. The summed E-state index contributed by atoms with van der Waals surface area (Å²) in [5.74, 6) is -1.77. The van der Waals surface area contributed by atoms with Crippen LogP contribution in [-0.4, -0.2) is 43.0 Å². The normalized spacial score (nSPS) is 40.8. The summed E-state index contributed by atoms with van der Waals surface area (Å²) in [5.41, 5.74) is 0.0908. The molecule has 3 unspecified atom stereocenters. The van der Waals surface area contributed by atoms with E-state index in [4.69, 9.17) is 4.74 Å². The molecule has 1 N–H and O–H groups in total. The molecule has 24 heavy (non-hydrogen) atoms. The molecular formula is C16H15N3O4S. The number of benzene rings is 1. The highest BCUT2D eigenvalue weighted by Crippen LogP contribution is 2.60. The Morgan fingerprint density at radius 3 is 2.71 bits per heavy atom. The summed E-state index contributed by atoms with van der Waals surface area (Å²) in [6.45, 7) is 3.55. The Morgan fingerprint density at radius 2 is 1.92 bits per heavy atom. The van der Waals surface area contributed by atoms with Crippen LogP contribution < -0.4 is 4.90 Å². The van der Waals surface area contributed by atoms with E-state index in [9.17, 15) is 14.7 Å². The van der Waals surface area contributed by atoms with Gasteiger partial charge in [0.25, 0.3) is 0 Å². The van der Waals surface area contributed by atoms with E-state index in [1.165, 1.54) is 4.90 Å². The predicted octanol–water partition coefficient (Wildman–Crippen LogP) is 1.11. The lowest BCUT2D eigenvalue weighted by atomic mass is 9.67. The van der Waals surface area contributed by atoms with E-state index in [-0.39, 0.29) is 11.8 Å². The first-order valence-electron chi connectivity index (χ1n) is 7.83. The first kappa shape index (κ1) is 14.4. The lowest BCUT2D eigenvalue weighted by Crippen LogP contribution is -2.49. The third-order valence-electron chi connectivity index (χ3n) is 5.79. The number of hydrogen-bond acceptors (Lipinski definition) is 7. The van der Waals surface area contributed by atoms with Crippen molar-refractivity contribution in [3.05, 3.63) is 18.2 Å². The summed E-state index contributed by atoms with van der Waals surface area (Å²) in [7, 11) is 0. The fourth-order valence-corrected chi connectivity index (χ4v) is 5.20. The molecule has 124 valence electrons. The van der Waals surface area contributed by atoms with Crippen molar-refractivity contribution in [3.8, 4) is 0 Å². The number of hydrogen-bond donors (Lipinski definition) is 1. The minimum absolute atomic E-state index is 0.259. The summed E-state index contributed by atoms with van der Waals surface area (Å²) in [6.07, 6.45) is -0.377. The zero-order valence-electron chi connectivity index (χ0n) is 13.1. The lowest BCUT2D eigenvalue weighted by molar-refractivity contribution is -0.132. The predicted molar refractivity (Wildman–Crippen MR) is 85.4 cm³/mol. The summed E-state index contributed by atoms with van der Waals surface area (Å²) in [6, 6.07) is 5.18. The van der Waals surface area contributed by atoms with E-state index in [1.54, 1.807) is 25.1 Å². The highest BCUT2D eigenvalue weighted by molar-refractivity contribution is 7.00. The van der Waals surface area contributed by atoms with Gasteiger partial charge in [-0.2, -0.15) is 8.75 Å². The molecule has 5 atom stereocenters. The average molecular weight is 345 g/mol. The topological polar surface area (TPSA) is 92.6 Å². The molecule has 5 rings (SSSR count). The van der Waals surface area contributed by atoms with Crippen LogP contribution in [-0.2, 0) is 14.3 Å². The number of fused-ring (bicyclic) bond motifs is 6. The summed E-state index contributed by atoms with van der Waals surface area (Å²) in [5, 5.41) is 10.3. The molecule has 1 aromatic carbocycles. The summed E-state index contributed by atoms with van der Waals surface area (Å²) in [4.78, 5) is 27.3. The molecule has 3 fully saturated rings. The maximum atomic E-state index is 13.0. The van der Waals surface area contributed by atoms with Crippen molar-refractivity contribution in [2.75, 3.05) is 4.90 Å². The van der Waals surface area contributed by atoms with E-state index >= 15 is 0 Å². The average Bonchev–Trinajstić information content (AvgIpc) is 3.19. The van der Waals surface area contributed by atoms with Crippen LogP contribution in [0.15, 0.2) is 18.2 Å². The molecule has 2 aromatic rings. The molecule has 3 saturated heterocycles. The van der Waals surface area contributed by atoms with Crippen LogP contribution >= 0.6 is 11.7 Å². The molecule has 8 heteroatoms. The molecule has 0 spiro atoms. The number of carbonyl (C=O) groups is 2. The zero-order chi connectivity index (χ0) is 16.9. The van der Waals surface area contributed by atoms with Crippen LogP contribution in [0.2, 0.25) is 0 Å². The first-order chi connectivity index (χ1) is 11.3. The standard InChI is InChI=1S/C16H15N3O4S/c1-15-6-10(20)16(2,23-15)12-11(15)13(21)19(14(12)22)7-3-4-8-9(5-7)18-24-17-8/h3-5,10-12,20H,6H2,1-2H3/t10?,11-,12+,15?,16?/m0/s1. The zero-order valence-corrected chi connectivity index (χ0v) is 13.9. The van der Waals surface area contributed by atoms with Gasteiger partial charge in [0.1, 0.15) is 16.6 Å². The van der Waals surface area contributed by atoms with Gasteiger partial charge in [-0.3, -0.25) is 9.59 Å². The molecule has 1 aromatic heterocycles. The maximum Gasteiger partial charge on any atom is 0.240 e. The number of carbonyl (C=O) groups excluding carboxylic acids is 2. The SMILES string of the molecule is CC12CC(O)C(C)(O1)[C@H]1C(=O)N(c3ccc4nsnc4c3)C(=O)[C@H]12. The minimum atomic E-state index is -1.01. The fourth-order valence-electron chi connectivity index (χ4n) is 4.69. The third-order valence-corrected chi connectivity index (χ3v) is 6.35. The van der Waals surface area contributed by atoms with Gasteiger partial charge in [-0.25, -0.2) is 4.90 Å². The second-order valence-corrected chi connectivity index (χ2v) is 7.75. The number of rotatable bonds is 1. The molecular weight excluding hydrogens is 330 g/mol. The molecule has 2 bridgehead atoms. The second kappa shape index (κ2) is 4.19. The molecule has 0 saturated carbocycles. The van der Waals surface area contributed by atoms with Crippen molar-refractivity contribution in [2.45, 2.75) is 37.6 Å². The van der Waals surface area contributed by atoms with E-state index in [0.717, 1.165) is 17.2 Å². The largest absolute Gasteiger partial charge is 0.390 e. The maximum absolute atomic E-state index is 13.0. The third kappa shape index (κ3) is 1.49. The van der Waals surface area contributed by atoms with Crippen molar-refractivity contribution in [3.63, 3.8) is 0 Å². The van der Waals surface area contributed by atoms with Crippen molar-refractivity contribution in [1.29, 1.82) is 0 Å². The number of amides is 2. The van der Waals surface area contributed by atoms with E-state index in [1.807, 2.05) is 6.92 Å². The molecule has 2 amide bonds. The van der Waals surface area contributed by atoms with Gasteiger partial charge < -0.3 is 9.84 Å². The van der Waals surface area contributed by atoms with Gasteiger partial charge in [0, 0.05) is 6.42 Å². The number of aromatic nitrogens is 2. The summed E-state index contributed by atoms with van der Waals surface area (Å²) >= 11 is 1.09. The van der Waals surface area contributed by atoms with Crippen LogP contribution in [0.3, 0.4) is 0 Å². The van der Waals surface area contributed by atoms with Gasteiger partial charge in [-0.15, -0.1) is 0 Å². The van der Waals surface area contributed by atoms with Gasteiger partial charge in [-0.1, -0.05) is 0 Å². The van der Waals surface area contributed by atoms with Gasteiger partial charge in [0.05, 0.1) is 41.0 Å². The Labute approximate surface area is 141 Å². The van der Waals surface area contributed by atoms with Crippen molar-refractivity contribution >= 4 is 40.3 Å².